The zero-order valence-corrected chi connectivity index (χ0v) is 11.4. The summed E-state index contributed by atoms with van der Waals surface area (Å²) < 4.78 is 13.7. The van der Waals surface area contributed by atoms with Crippen LogP contribution in [-0.2, 0) is 0 Å². The number of nitrogens with one attached hydrogen (secondary N) is 2. The van der Waals surface area contributed by atoms with Crippen molar-refractivity contribution in [3.05, 3.63) is 40.8 Å². The summed E-state index contributed by atoms with van der Waals surface area (Å²) in [6.45, 7) is 2.50. The molecule has 20 heavy (non-hydrogen) atoms. The van der Waals surface area contributed by atoms with Crippen molar-refractivity contribution in [2.24, 2.45) is 0 Å². The van der Waals surface area contributed by atoms with Crippen molar-refractivity contribution in [3.8, 4) is 6.07 Å². The molecule has 0 aliphatic heterocycles. The van der Waals surface area contributed by atoms with Crippen molar-refractivity contribution in [2.45, 2.75) is 6.92 Å². The van der Waals surface area contributed by atoms with Gasteiger partial charge in [0.05, 0.1) is 28.5 Å². The zero-order valence-electron chi connectivity index (χ0n) is 10.6. The number of hydrogen-bond donors (Lipinski definition) is 2. The van der Waals surface area contributed by atoms with Crippen LogP contribution in [0.15, 0.2) is 24.4 Å². The van der Waals surface area contributed by atoms with Crippen molar-refractivity contribution in [3.63, 3.8) is 0 Å². The van der Waals surface area contributed by atoms with Crippen LogP contribution in [0.1, 0.15) is 12.5 Å². The number of benzene rings is 1. The Morgan fingerprint density at radius 2 is 2.25 bits per heavy atom. The van der Waals surface area contributed by atoms with Gasteiger partial charge in [-0.05, 0) is 25.1 Å². The average molecular weight is 292 g/mol. The van der Waals surface area contributed by atoms with Crippen LogP contribution in [0.2, 0.25) is 5.02 Å². The van der Waals surface area contributed by atoms with Crippen LogP contribution in [0.25, 0.3) is 0 Å². The van der Waals surface area contributed by atoms with Gasteiger partial charge in [-0.1, -0.05) is 11.6 Å². The molecule has 1 aromatic heterocycles. The highest BCUT2D eigenvalue weighted by atomic mass is 35.5. The lowest BCUT2D eigenvalue weighted by Gasteiger charge is -2.10. The molecule has 5 nitrogen and oxygen atoms in total. The van der Waals surface area contributed by atoms with E-state index in [4.69, 9.17) is 16.9 Å². The molecule has 0 aliphatic rings. The molecule has 0 spiro atoms. The van der Waals surface area contributed by atoms with Crippen LogP contribution in [0.4, 0.5) is 21.8 Å². The van der Waals surface area contributed by atoms with Crippen LogP contribution < -0.4 is 10.6 Å². The lowest BCUT2D eigenvalue weighted by atomic mass is 10.2. The molecule has 0 radical (unpaired) electrons. The Kier molecular flexibility index (Phi) is 4.33. The Balaban J connectivity index is 2.34. The number of aromatic nitrogens is 2. The average Bonchev–Trinajstić information content (AvgIpc) is 2.45. The maximum Gasteiger partial charge on any atom is 0.224 e. The number of rotatable bonds is 4. The van der Waals surface area contributed by atoms with E-state index in [1.165, 1.54) is 6.07 Å². The molecule has 2 aromatic rings. The maximum absolute atomic E-state index is 13.7. The van der Waals surface area contributed by atoms with E-state index >= 15 is 0 Å². The minimum atomic E-state index is -0.606. The summed E-state index contributed by atoms with van der Waals surface area (Å²) in [4.78, 5) is 7.81. The summed E-state index contributed by atoms with van der Waals surface area (Å²) >= 11 is 6.00. The highest BCUT2D eigenvalue weighted by Crippen LogP contribution is 2.27. The summed E-state index contributed by atoms with van der Waals surface area (Å²) in [5.74, 6) is -0.304. The van der Waals surface area contributed by atoms with Crippen LogP contribution in [0.5, 0.6) is 0 Å². The summed E-state index contributed by atoms with van der Waals surface area (Å²) in [5.41, 5.74) is 0.823. The van der Waals surface area contributed by atoms with E-state index < -0.39 is 5.82 Å². The fourth-order valence-electron chi connectivity index (χ4n) is 1.52. The molecule has 0 saturated heterocycles. The highest BCUT2D eigenvalue weighted by molar-refractivity contribution is 6.33. The van der Waals surface area contributed by atoms with Gasteiger partial charge in [0, 0.05) is 6.54 Å². The van der Waals surface area contributed by atoms with E-state index in [9.17, 15) is 4.39 Å². The fraction of sp³-hybridized carbons (Fsp3) is 0.154. The number of nitrogens with zero attached hydrogens (tertiary/aromatic N) is 3. The minimum Gasteiger partial charge on any atom is -0.354 e. The second kappa shape index (κ2) is 6.17. The smallest absolute Gasteiger partial charge is 0.224 e. The molecular weight excluding hydrogens is 281 g/mol. The summed E-state index contributed by atoms with van der Waals surface area (Å²) in [5, 5.41) is 14.9. The van der Waals surface area contributed by atoms with Gasteiger partial charge in [-0.15, -0.1) is 0 Å². The van der Waals surface area contributed by atoms with Gasteiger partial charge in [0.15, 0.2) is 11.6 Å². The first kappa shape index (κ1) is 14.0. The van der Waals surface area contributed by atoms with E-state index in [1.807, 2.05) is 13.0 Å². The monoisotopic (exact) mass is 291 g/mol. The largest absolute Gasteiger partial charge is 0.354 e. The normalized spacial score (nSPS) is 9.90. The Morgan fingerprint density at radius 1 is 1.45 bits per heavy atom. The molecule has 0 amide bonds. The third kappa shape index (κ3) is 3.13. The van der Waals surface area contributed by atoms with E-state index in [0.717, 1.165) is 6.20 Å². The zero-order chi connectivity index (χ0) is 14.5. The van der Waals surface area contributed by atoms with Crippen molar-refractivity contribution < 1.29 is 4.39 Å². The van der Waals surface area contributed by atoms with E-state index in [0.29, 0.717) is 28.8 Å². The summed E-state index contributed by atoms with van der Waals surface area (Å²) in [6, 6.07) is 6.65. The predicted octanol–water partition coefficient (Wildman–Crippen LogP) is 3.32. The van der Waals surface area contributed by atoms with Gasteiger partial charge >= 0.3 is 0 Å². The predicted molar refractivity (Wildman–Crippen MR) is 75.6 cm³/mol. The minimum absolute atomic E-state index is 0.00654. The third-order valence-electron chi connectivity index (χ3n) is 2.43. The van der Waals surface area contributed by atoms with Gasteiger partial charge in [-0.25, -0.2) is 9.37 Å². The first-order chi connectivity index (χ1) is 9.63. The molecule has 7 heteroatoms. The van der Waals surface area contributed by atoms with Crippen LogP contribution in [-0.4, -0.2) is 16.5 Å². The second-order valence-electron chi connectivity index (χ2n) is 3.85. The molecule has 0 bridgehead atoms. The molecule has 0 aliphatic carbocycles. The molecule has 2 N–H and O–H groups in total. The molecule has 102 valence electrons. The van der Waals surface area contributed by atoms with Gasteiger partial charge in [0.1, 0.15) is 0 Å². The molecular formula is C13H11ClFN5. The maximum atomic E-state index is 13.7. The van der Waals surface area contributed by atoms with Crippen molar-refractivity contribution >= 4 is 29.1 Å². The molecule has 0 fully saturated rings. The van der Waals surface area contributed by atoms with Crippen LogP contribution in [0, 0.1) is 17.1 Å². The number of nitriles is 1. The van der Waals surface area contributed by atoms with Gasteiger partial charge < -0.3 is 10.6 Å². The first-order valence-electron chi connectivity index (χ1n) is 5.87. The summed E-state index contributed by atoms with van der Waals surface area (Å²) in [7, 11) is 0. The van der Waals surface area contributed by atoms with E-state index in [-0.39, 0.29) is 5.82 Å². The number of hydrogen-bond acceptors (Lipinski definition) is 5. The molecule has 1 heterocycles. The Morgan fingerprint density at radius 3 is 2.95 bits per heavy atom. The van der Waals surface area contributed by atoms with Crippen molar-refractivity contribution in [1.82, 2.24) is 9.97 Å². The number of anilines is 3. The Bertz CT molecular complexity index is 668. The quantitative estimate of drug-likeness (QED) is 0.904. The highest BCUT2D eigenvalue weighted by Gasteiger charge is 2.09. The fourth-order valence-corrected chi connectivity index (χ4v) is 1.68. The van der Waals surface area contributed by atoms with Crippen LogP contribution >= 0.6 is 11.6 Å². The molecule has 1 aromatic carbocycles. The lowest BCUT2D eigenvalue weighted by Crippen LogP contribution is -2.06. The molecule has 2 rings (SSSR count). The topological polar surface area (TPSA) is 73.6 Å². The molecule has 0 saturated carbocycles. The Hall–Kier alpha value is -2.39. The van der Waals surface area contributed by atoms with Gasteiger partial charge in [-0.3, -0.25) is 0 Å². The van der Waals surface area contributed by atoms with Crippen molar-refractivity contribution in [2.75, 3.05) is 17.2 Å². The first-order valence-corrected chi connectivity index (χ1v) is 6.25. The van der Waals surface area contributed by atoms with Crippen LogP contribution in [0.3, 0.4) is 0 Å². The SMILES string of the molecule is CCNc1ncc(F)c(Nc2cc(C#N)ccc2Cl)n1. The second-order valence-corrected chi connectivity index (χ2v) is 4.26. The standard InChI is InChI=1S/C13H11ClFN5/c1-2-17-13-18-7-10(15)12(20-13)19-11-5-8(6-16)3-4-9(11)14/h3-5,7H,2H2,1H3,(H2,17,18,19,20). The van der Waals surface area contributed by atoms with E-state index in [2.05, 4.69) is 20.6 Å². The summed E-state index contributed by atoms with van der Waals surface area (Å²) in [6.07, 6.45) is 1.06. The van der Waals surface area contributed by atoms with Gasteiger partial charge in [0.25, 0.3) is 0 Å². The lowest BCUT2D eigenvalue weighted by molar-refractivity contribution is 0.619. The van der Waals surface area contributed by atoms with Gasteiger partial charge in [0.2, 0.25) is 5.95 Å². The molecule has 0 atom stereocenters. The third-order valence-corrected chi connectivity index (χ3v) is 2.76. The molecule has 0 unspecified atom stereocenters. The van der Waals surface area contributed by atoms with Crippen molar-refractivity contribution in [1.29, 1.82) is 5.26 Å². The Labute approximate surface area is 120 Å². The number of halogens is 2. The van der Waals surface area contributed by atoms with Gasteiger partial charge in [-0.2, -0.15) is 10.2 Å². The van der Waals surface area contributed by atoms with E-state index in [1.54, 1.807) is 12.1 Å².